The summed E-state index contributed by atoms with van der Waals surface area (Å²) in [6.07, 6.45) is 0. The fourth-order valence-electron chi connectivity index (χ4n) is 8.82. The monoisotopic (exact) mass is 686 g/mol. The fourth-order valence-corrected chi connectivity index (χ4v) is 8.82. The third kappa shape index (κ3) is 4.34. The lowest BCUT2D eigenvalue weighted by molar-refractivity contribution is 0.632. The summed E-state index contributed by atoms with van der Waals surface area (Å²) in [7, 11) is 0. The quantitative estimate of drug-likeness (QED) is 0.172. The average Bonchev–Trinajstić information content (AvgIpc) is 3.87. The van der Waals surface area contributed by atoms with Gasteiger partial charge in [0.15, 0.2) is 0 Å². The van der Waals surface area contributed by atoms with Gasteiger partial charge >= 0.3 is 0 Å². The first-order chi connectivity index (χ1) is 26.7. The van der Waals surface area contributed by atoms with Crippen LogP contribution in [0.1, 0.15) is 0 Å². The fraction of sp³-hybridized carbons (Fsp3) is 0. The Bertz CT molecular complexity index is 3150. The Kier molecular flexibility index (Phi) is 6.09. The van der Waals surface area contributed by atoms with Crippen molar-refractivity contribution in [2.45, 2.75) is 0 Å². The number of hydrogen-bond acceptors (Lipinski definition) is 2. The van der Waals surface area contributed by atoms with E-state index in [1.54, 1.807) is 0 Å². The zero-order chi connectivity index (χ0) is 35.3. The van der Waals surface area contributed by atoms with Gasteiger partial charge in [-0.25, -0.2) is 0 Å². The summed E-state index contributed by atoms with van der Waals surface area (Å²) < 4.78 is 13.3. The standard InChI is InChI=1S/C52H30O2/c1-3-11-33-25-35(19-17-31(33)9-1)43-29-45(49-27-37-13-5-7-15-47(37)53-49)41-24-22-40-44(36-20-18-32-10-2-4-12-34(32)26-36)30-46(42-23-21-39(43)51(41)52(40)42)50-28-38-14-6-8-16-48(38)54-50/h1-30H. The van der Waals surface area contributed by atoms with E-state index in [4.69, 9.17) is 8.83 Å². The number of para-hydroxylation sites is 2. The van der Waals surface area contributed by atoms with Crippen LogP contribution in [0.25, 0.3) is 121 Å². The highest BCUT2D eigenvalue weighted by Crippen LogP contribution is 2.49. The van der Waals surface area contributed by atoms with Crippen molar-refractivity contribution in [1.29, 1.82) is 0 Å². The van der Waals surface area contributed by atoms with E-state index in [1.807, 2.05) is 12.1 Å². The van der Waals surface area contributed by atoms with Crippen molar-refractivity contribution >= 4 is 75.8 Å². The molecule has 12 aromatic rings. The second kappa shape index (κ2) is 11.2. The van der Waals surface area contributed by atoms with Gasteiger partial charge in [0.25, 0.3) is 0 Å². The van der Waals surface area contributed by atoms with Gasteiger partial charge in [-0.3, -0.25) is 0 Å². The first-order valence-corrected chi connectivity index (χ1v) is 18.5. The summed E-state index contributed by atoms with van der Waals surface area (Å²) in [4.78, 5) is 0. The van der Waals surface area contributed by atoms with Crippen LogP contribution in [0.2, 0.25) is 0 Å². The average molecular weight is 687 g/mol. The number of rotatable bonds is 4. The van der Waals surface area contributed by atoms with Gasteiger partial charge < -0.3 is 8.83 Å². The van der Waals surface area contributed by atoms with Gasteiger partial charge in [0.2, 0.25) is 0 Å². The van der Waals surface area contributed by atoms with Crippen molar-refractivity contribution in [1.82, 2.24) is 0 Å². The first-order valence-electron chi connectivity index (χ1n) is 18.5. The highest BCUT2D eigenvalue weighted by atomic mass is 16.3. The summed E-state index contributed by atoms with van der Waals surface area (Å²) in [6.45, 7) is 0. The molecular weight excluding hydrogens is 657 g/mol. The van der Waals surface area contributed by atoms with Gasteiger partial charge in [0.1, 0.15) is 22.7 Å². The lowest BCUT2D eigenvalue weighted by atomic mass is 9.83. The summed E-state index contributed by atoms with van der Waals surface area (Å²) in [5.74, 6) is 1.73. The minimum absolute atomic E-state index is 0.864. The Morgan fingerprint density at radius 2 is 0.630 bits per heavy atom. The molecule has 0 unspecified atom stereocenters. The molecule has 0 spiro atoms. The van der Waals surface area contributed by atoms with Crippen LogP contribution in [-0.2, 0) is 0 Å². The molecule has 0 saturated carbocycles. The topological polar surface area (TPSA) is 26.3 Å². The zero-order valence-electron chi connectivity index (χ0n) is 29.1. The van der Waals surface area contributed by atoms with Crippen molar-refractivity contribution in [3.8, 4) is 44.9 Å². The summed E-state index contributed by atoms with van der Waals surface area (Å²) in [5.41, 5.74) is 8.65. The van der Waals surface area contributed by atoms with Crippen molar-refractivity contribution in [3.63, 3.8) is 0 Å². The van der Waals surface area contributed by atoms with E-state index in [0.29, 0.717) is 0 Å². The number of furan rings is 2. The number of fused-ring (bicyclic) bond motifs is 4. The molecule has 0 N–H and O–H groups in total. The lowest BCUT2D eigenvalue weighted by Crippen LogP contribution is -1.94. The van der Waals surface area contributed by atoms with Gasteiger partial charge in [0, 0.05) is 21.9 Å². The van der Waals surface area contributed by atoms with Crippen molar-refractivity contribution in [2.75, 3.05) is 0 Å². The van der Waals surface area contributed by atoms with Crippen LogP contribution in [0.15, 0.2) is 191 Å². The molecule has 0 aliphatic carbocycles. The minimum Gasteiger partial charge on any atom is -0.456 e. The molecule has 54 heavy (non-hydrogen) atoms. The predicted octanol–water partition coefficient (Wildman–Crippen LogP) is 15.1. The van der Waals surface area contributed by atoms with Crippen LogP contribution < -0.4 is 0 Å². The van der Waals surface area contributed by atoms with Crippen molar-refractivity contribution in [3.05, 3.63) is 182 Å². The van der Waals surface area contributed by atoms with Crippen LogP contribution in [-0.4, -0.2) is 0 Å². The molecule has 2 heteroatoms. The maximum Gasteiger partial charge on any atom is 0.136 e. The molecule has 10 aromatic carbocycles. The molecule has 2 aromatic heterocycles. The molecule has 2 heterocycles. The SMILES string of the molecule is c1ccc2cc(-c3cc(-c4cc5ccccc5o4)c4ccc5c(-c6ccc7ccccc7c6)cc(-c6cc7ccccc7o6)c6ccc3c4c56)ccc2c1. The Morgan fingerprint density at radius 1 is 0.259 bits per heavy atom. The van der Waals surface area contributed by atoms with Crippen LogP contribution in [0.4, 0.5) is 0 Å². The van der Waals surface area contributed by atoms with Crippen LogP contribution in [0.3, 0.4) is 0 Å². The Balaban J connectivity index is 1.24. The van der Waals surface area contributed by atoms with Gasteiger partial charge in [0.05, 0.1) is 0 Å². The molecule has 0 radical (unpaired) electrons. The highest BCUT2D eigenvalue weighted by molar-refractivity contribution is 6.32. The number of hydrogen-bond donors (Lipinski definition) is 0. The van der Waals surface area contributed by atoms with Crippen molar-refractivity contribution < 1.29 is 8.83 Å². The van der Waals surface area contributed by atoms with Crippen LogP contribution in [0.5, 0.6) is 0 Å². The van der Waals surface area contributed by atoms with Gasteiger partial charge in [-0.2, -0.15) is 0 Å². The summed E-state index contributed by atoms with van der Waals surface area (Å²) in [5, 5.41) is 14.3. The second-order valence-corrected chi connectivity index (χ2v) is 14.4. The number of benzene rings is 10. The molecule has 250 valence electrons. The Morgan fingerprint density at radius 3 is 1.06 bits per heavy atom. The molecule has 0 bridgehead atoms. The first kappa shape index (κ1) is 29.4. The Hall–Kier alpha value is -7.16. The van der Waals surface area contributed by atoms with Gasteiger partial charge in [-0.15, -0.1) is 0 Å². The molecule has 2 nitrogen and oxygen atoms in total. The van der Waals surface area contributed by atoms with E-state index in [1.165, 1.54) is 65.3 Å². The normalized spacial score (nSPS) is 12.1. The predicted molar refractivity (Wildman–Crippen MR) is 226 cm³/mol. The third-order valence-electron chi connectivity index (χ3n) is 11.4. The highest BCUT2D eigenvalue weighted by Gasteiger charge is 2.23. The molecule has 0 saturated heterocycles. The molecule has 0 amide bonds. The molecule has 0 aliphatic rings. The van der Waals surface area contributed by atoms with E-state index in [9.17, 15) is 0 Å². The molecule has 12 rings (SSSR count). The second-order valence-electron chi connectivity index (χ2n) is 14.4. The summed E-state index contributed by atoms with van der Waals surface area (Å²) >= 11 is 0. The van der Waals surface area contributed by atoms with E-state index in [-0.39, 0.29) is 0 Å². The largest absolute Gasteiger partial charge is 0.456 e. The van der Waals surface area contributed by atoms with E-state index in [2.05, 4.69) is 170 Å². The van der Waals surface area contributed by atoms with Gasteiger partial charge in [-0.1, -0.05) is 133 Å². The summed E-state index contributed by atoms with van der Waals surface area (Å²) in [6, 6.07) is 65.7. The molecule has 0 fully saturated rings. The van der Waals surface area contributed by atoms with E-state index < -0.39 is 0 Å². The maximum absolute atomic E-state index is 6.65. The van der Waals surface area contributed by atoms with E-state index >= 15 is 0 Å². The maximum atomic E-state index is 6.65. The minimum atomic E-state index is 0.864. The molecule has 0 atom stereocenters. The Labute approximate surface area is 310 Å². The molecular formula is C52H30O2. The van der Waals surface area contributed by atoms with Gasteiger partial charge in [-0.05, 0) is 125 Å². The van der Waals surface area contributed by atoms with Crippen molar-refractivity contribution in [2.24, 2.45) is 0 Å². The van der Waals surface area contributed by atoms with E-state index in [0.717, 1.165) is 55.4 Å². The van der Waals surface area contributed by atoms with Crippen LogP contribution >= 0.6 is 0 Å². The third-order valence-corrected chi connectivity index (χ3v) is 11.4. The smallest absolute Gasteiger partial charge is 0.136 e. The molecule has 0 aliphatic heterocycles. The zero-order valence-corrected chi connectivity index (χ0v) is 29.1. The lowest BCUT2D eigenvalue weighted by Gasteiger charge is -2.20. The van der Waals surface area contributed by atoms with Crippen LogP contribution in [0, 0.1) is 0 Å².